The molecule has 1 fully saturated rings. The summed E-state index contributed by atoms with van der Waals surface area (Å²) in [4.78, 5) is 13.2. The van der Waals surface area contributed by atoms with Crippen molar-refractivity contribution in [1.29, 1.82) is 0 Å². The van der Waals surface area contributed by atoms with Crippen molar-refractivity contribution < 1.29 is 14.4 Å². The lowest BCUT2D eigenvalue weighted by molar-refractivity contribution is -0.384. The largest absolute Gasteiger partial charge is 0.486 e. The Bertz CT molecular complexity index is 813. The van der Waals surface area contributed by atoms with E-state index in [9.17, 15) is 10.1 Å². The molecule has 27 heavy (non-hydrogen) atoms. The number of nitrogens with zero attached hydrogens (tertiary/aromatic N) is 2. The Hall–Kier alpha value is -2.80. The van der Waals surface area contributed by atoms with Crippen LogP contribution in [-0.4, -0.2) is 48.2 Å². The van der Waals surface area contributed by atoms with Crippen LogP contribution < -0.4 is 14.8 Å². The summed E-state index contributed by atoms with van der Waals surface area (Å²) < 4.78 is 11.9. The van der Waals surface area contributed by atoms with E-state index in [-0.39, 0.29) is 22.8 Å². The van der Waals surface area contributed by atoms with Gasteiger partial charge < -0.3 is 14.8 Å². The Morgan fingerprint density at radius 2 is 1.93 bits per heavy atom. The molecule has 2 unspecified atom stereocenters. The van der Waals surface area contributed by atoms with Crippen LogP contribution in [0.4, 0.5) is 11.4 Å². The minimum absolute atomic E-state index is 0.00953. The van der Waals surface area contributed by atoms with Crippen LogP contribution in [0.25, 0.3) is 0 Å². The molecule has 0 saturated carbocycles. The maximum absolute atomic E-state index is 11.2. The molecule has 0 spiro atoms. The lowest BCUT2D eigenvalue weighted by Crippen LogP contribution is -2.48. The minimum atomic E-state index is -0.340. The highest BCUT2D eigenvalue weighted by molar-refractivity contribution is 5.61. The monoisotopic (exact) mass is 369 g/mol. The van der Waals surface area contributed by atoms with Gasteiger partial charge in [-0.3, -0.25) is 15.0 Å². The SMILES string of the molecule is O=[N+]([O-])c1ccccc1NC1CCCN(CC2COc3ccccc3O2)C1. The molecule has 142 valence electrons. The number of likely N-dealkylation sites (tertiary alicyclic amines) is 1. The summed E-state index contributed by atoms with van der Waals surface area (Å²) in [6.07, 6.45) is 2.03. The molecule has 2 heterocycles. The second-order valence-corrected chi connectivity index (χ2v) is 7.01. The summed E-state index contributed by atoms with van der Waals surface area (Å²) >= 11 is 0. The molecule has 2 aromatic carbocycles. The van der Waals surface area contributed by atoms with E-state index >= 15 is 0 Å². The number of hydrogen-bond acceptors (Lipinski definition) is 6. The Morgan fingerprint density at radius 3 is 2.78 bits per heavy atom. The number of hydrogen-bond donors (Lipinski definition) is 1. The Morgan fingerprint density at radius 1 is 1.15 bits per heavy atom. The summed E-state index contributed by atoms with van der Waals surface area (Å²) in [6, 6.07) is 14.7. The molecule has 2 atom stereocenters. The zero-order chi connectivity index (χ0) is 18.6. The van der Waals surface area contributed by atoms with Gasteiger partial charge in [0.05, 0.1) is 4.92 Å². The highest BCUT2D eigenvalue weighted by Gasteiger charge is 2.27. The van der Waals surface area contributed by atoms with Crippen LogP contribution in [0.3, 0.4) is 0 Å². The average molecular weight is 369 g/mol. The standard InChI is InChI=1S/C20H23N3O4/c24-23(25)18-8-2-1-7-17(18)21-15-6-5-11-22(12-15)13-16-14-26-19-9-3-4-10-20(19)27-16/h1-4,7-10,15-16,21H,5-6,11-14H2. The smallest absolute Gasteiger partial charge is 0.292 e. The second kappa shape index (κ2) is 7.84. The van der Waals surface area contributed by atoms with Crippen LogP contribution in [0.5, 0.6) is 11.5 Å². The van der Waals surface area contributed by atoms with Gasteiger partial charge in [-0.15, -0.1) is 0 Å². The van der Waals surface area contributed by atoms with Crippen molar-refractivity contribution in [2.75, 3.05) is 31.6 Å². The number of piperidine rings is 1. The maximum Gasteiger partial charge on any atom is 0.292 e. The first-order valence-electron chi connectivity index (χ1n) is 9.30. The number of rotatable bonds is 5. The molecule has 0 radical (unpaired) electrons. The van der Waals surface area contributed by atoms with Crippen LogP contribution >= 0.6 is 0 Å². The van der Waals surface area contributed by atoms with E-state index in [4.69, 9.17) is 9.47 Å². The van der Waals surface area contributed by atoms with Crippen LogP contribution in [0.15, 0.2) is 48.5 Å². The first kappa shape index (κ1) is 17.6. The quantitative estimate of drug-likeness (QED) is 0.644. The number of nitro groups is 1. The van der Waals surface area contributed by atoms with E-state index in [0.29, 0.717) is 12.3 Å². The number of nitro benzene ring substituents is 1. The number of benzene rings is 2. The van der Waals surface area contributed by atoms with Gasteiger partial charge in [0.15, 0.2) is 11.5 Å². The van der Waals surface area contributed by atoms with E-state index in [1.54, 1.807) is 12.1 Å². The Balaban J connectivity index is 1.36. The first-order valence-corrected chi connectivity index (χ1v) is 9.30. The number of nitrogens with one attached hydrogen (secondary N) is 1. The highest BCUT2D eigenvalue weighted by Crippen LogP contribution is 2.31. The molecule has 1 saturated heterocycles. The van der Waals surface area contributed by atoms with E-state index in [1.807, 2.05) is 30.3 Å². The van der Waals surface area contributed by atoms with Crippen molar-refractivity contribution in [2.24, 2.45) is 0 Å². The molecule has 0 bridgehead atoms. The topological polar surface area (TPSA) is 76.9 Å². The number of ether oxygens (including phenoxy) is 2. The van der Waals surface area contributed by atoms with Crippen LogP contribution in [0.2, 0.25) is 0 Å². The molecule has 2 aliphatic heterocycles. The molecule has 4 rings (SSSR count). The summed E-state index contributed by atoms with van der Waals surface area (Å²) in [7, 11) is 0. The average Bonchev–Trinajstić information content (AvgIpc) is 2.68. The van der Waals surface area contributed by atoms with Crippen molar-refractivity contribution in [3.63, 3.8) is 0 Å². The lowest BCUT2D eigenvalue weighted by atomic mass is 10.0. The number of anilines is 1. The van der Waals surface area contributed by atoms with E-state index in [1.165, 1.54) is 6.07 Å². The summed E-state index contributed by atoms with van der Waals surface area (Å²) in [6.45, 7) is 3.14. The third kappa shape index (κ3) is 4.14. The normalized spacial score (nSPS) is 22.2. The van der Waals surface area contributed by atoms with Gasteiger partial charge in [0.1, 0.15) is 18.4 Å². The minimum Gasteiger partial charge on any atom is -0.486 e. The number of fused-ring (bicyclic) bond motifs is 1. The zero-order valence-corrected chi connectivity index (χ0v) is 15.0. The van der Waals surface area contributed by atoms with Gasteiger partial charge in [-0.2, -0.15) is 0 Å². The van der Waals surface area contributed by atoms with Gasteiger partial charge in [-0.05, 0) is 37.6 Å². The molecule has 2 aliphatic rings. The summed E-state index contributed by atoms with van der Waals surface area (Å²) in [5.41, 5.74) is 0.704. The van der Waals surface area contributed by atoms with Crippen molar-refractivity contribution in [2.45, 2.75) is 25.0 Å². The van der Waals surface area contributed by atoms with Crippen LogP contribution in [-0.2, 0) is 0 Å². The third-order valence-electron chi connectivity index (χ3n) is 5.00. The maximum atomic E-state index is 11.2. The third-order valence-corrected chi connectivity index (χ3v) is 5.00. The Labute approximate surface area is 158 Å². The van der Waals surface area contributed by atoms with Gasteiger partial charge in [-0.25, -0.2) is 0 Å². The highest BCUT2D eigenvalue weighted by atomic mass is 16.6. The molecule has 2 aromatic rings. The fraction of sp³-hybridized carbons (Fsp3) is 0.400. The predicted octanol–water partition coefficient (Wildman–Crippen LogP) is 3.31. The van der Waals surface area contributed by atoms with Gasteiger partial charge in [-0.1, -0.05) is 24.3 Å². The molecule has 0 amide bonds. The first-order chi connectivity index (χ1) is 13.2. The van der Waals surface area contributed by atoms with Gasteiger partial charge >= 0.3 is 0 Å². The molecule has 0 aliphatic carbocycles. The summed E-state index contributed by atoms with van der Waals surface area (Å²) in [5.74, 6) is 1.59. The van der Waals surface area contributed by atoms with Crippen molar-refractivity contribution in [3.05, 3.63) is 58.6 Å². The molecule has 0 aromatic heterocycles. The molecule has 1 N–H and O–H groups in total. The van der Waals surface area contributed by atoms with Crippen molar-refractivity contribution >= 4 is 11.4 Å². The summed E-state index contributed by atoms with van der Waals surface area (Å²) in [5, 5.41) is 14.6. The van der Waals surface area contributed by atoms with E-state index < -0.39 is 0 Å². The van der Waals surface area contributed by atoms with Crippen molar-refractivity contribution in [1.82, 2.24) is 4.90 Å². The van der Waals surface area contributed by atoms with E-state index in [2.05, 4.69) is 10.2 Å². The van der Waals surface area contributed by atoms with Crippen LogP contribution in [0.1, 0.15) is 12.8 Å². The Kier molecular flexibility index (Phi) is 5.11. The molecule has 7 nitrogen and oxygen atoms in total. The molecular formula is C20H23N3O4. The molecular weight excluding hydrogens is 346 g/mol. The fourth-order valence-electron chi connectivity index (χ4n) is 3.76. The van der Waals surface area contributed by atoms with Crippen LogP contribution in [0, 0.1) is 10.1 Å². The second-order valence-electron chi connectivity index (χ2n) is 7.01. The predicted molar refractivity (Wildman–Crippen MR) is 103 cm³/mol. The molecule has 7 heteroatoms. The fourth-order valence-corrected chi connectivity index (χ4v) is 3.76. The lowest BCUT2D eigenvalue weighted by Gasteiger charge is -2.36. The van der Waals surface area contributed by atoms with Crippen molar-refractivity contribution in [3.8, 4) is 11.5 Å². The zero-order valence-electron chi connectivity index (χ0n) is 15.0. The van der Waals surface area contributed by atoms with E-state index in [0.717, 1.165) is 44.0 Å². The van der Waals surface area contributed by atoms with Gasteiger partial charge in [0.2, 0.25) is 0 Å². The number of para-hydroxylation sites is 4. The van der Waals surface area contributed by atoms with Gasteiger partial charge in [0.25, 0.3) is 5.69 Å². The van der Waals surface area contributed by atoms with Gasteiger partial charge in [0, 0.05) is 25.2 Å².